The van der Waals surface area contributed by atoms with E-state index in [2.05, 4.69) is 5.32 Å². The molecule has 5 heteroatoms. The highest BCUT2D eigenvalue weighted by Crippen LogP contribution is 2.16. The van der Waals surface area contributed by atoms with E-state index < -0.39 is 0 Å². The number of amides is 1. The second-order valence-electron chi connectivity index (χ2n) is 3.80. The van der Waals surface area contributed by atoms with Gasteiger partial charge in [0, 0.05) is 12.1 Å². The van der Waals surface area contributed by atoms with E-state index >= 15 is 0 Å². The van der Waals surface area contributed by atoms with Gasteiger partial charge in [0.05, 0.1) is 18.1 Å². The van der Waals surface area contributed by atoms with Crippen LogP contribution < -0.4 is 10.1 Å². The summed E-state index contributed by atoms with van der Waals surface area (Å²) in [7, 11) is 0. The number of benzene rings is 1. The number of nitrogens with one attached hydrogen (secondary N) is 1. The van der Waals surface area contributed by atoms with Crippen LogP contribution in [0.4, 0.5) is 0 Å². The average Bonchev–Trinajstić information content (AvgIpc) is 2.96. The highest BCUT2D eigenvalue weighted by molar-refractivity contribution is 5.77. The molecule has 1 aromatic carbocycles. The van der Waals surface area contributed by atoms with Crippen molar-refractivity contribution in [2.45, 2.75) is 6.54 Å². The first-order valence-corrected chi connectivity index (χ1v) is 5.69. The minimum Gasteiger partial charge on any atom is -0.482 e. The van der Waals surface area contributed by atoms with Gasteiger partial charge in [-0.3, -0.25) is 4.79 Å². The number of hydrogen-bond donors (Lipinski definition) is 1. The van der Waals surface area contributed by atoms with Crippen LogP contribution in [0.15, 0.2) is 47.3 Å². The van der Waals surface area contributed by atoms with E-state index in [1.165, 1.54) is 0 Å². The Balaban J connectivity index is 1.82. The number of hydrogen-bond acceptors (Lipinski definition) is 4. The lowest BCUT2D eigenvalue weighted by atomic mass is 10.2. The number of para-hydroxylation sites is 1. The highest BCUT2D eigenvalue weighted by atomic mass is 16.5. The fraction of sp³-hybridized carbons (Fsp3) is 0.143. The molecule has 0 spiro atoms. The molecule has 0 atom stereocenters. The van der Waals surface area contributed by atoms with Crippen molar-refractivity contribution in [3.05, 3.63) is 54.0 Å². The number of carbonyl (C=O) groups excluding carboxylic acids is 1. The van der Waals surface area contributed by atoms with Gasteiger partial charge in [-0.25, -0.2) is 0 Å². The van der Waals surface area contributed by atoms with Gasteiger partial charge in [0.2, 0.25) is 0 Å². The van der Waals surface area contributed by atoms with Crippen molar-refractivity contribution in [3.8, 4) is 11.8 Å². The van der Waals surface area contributed by atoms with Crippen molar-refractivity contribution in [2.24, 2.45) is 0 Å². The molecule has 1 amide bonds. The van der Waals surface area contributed by atoms with E-state index in [4.69, 9.17) is 14.4 Å². The van der Waals surface area contributed by atoms with Gasteiger partial charge in [-0.15, -0.1) is 0 Å². The third-order valence-electron chi connectivity index (χ3n) is 2.44. The Morgan fingerprint density at radius 2 is 2.21 bits per heavy atom. The van der Waals surface area contributed by atoms with Crippen LogP contribution in [0.2, 0.25) is 0 Å². The highest BCUT2D eigenvalue weighted by Gasteiger charge is 2.06. The first-order valence-electron chi connectivity index (χ1n) is 5.69. The van der Waals surface area contributed by atoms with Gasteiger partial charge in [-0.1, -0.05) is 12.1 Å². The first-order chi connectivity index (χ1) is 9.29. The number of nitrogens with zero attached hydrogens (tertiary/aromatic N) is 1. The molecule has 0 bridgehead atoms. The Bertz CT molecular complexity index is 585. The normalized spacial score (nSPS) is 9.63. The maximum absolute atomic E-state index is 11.6. The molecular weight excluding hydrogens is 244 g/mol. The summed E-state index contributed by atoms with van der Waals surface area (Å²) in [5, 5.41) is 11.6. The lowest BCUT2D eigenvalue weighted by Gasteiger charge is -2.07. The third kappa shape index (κ3) is 3.61. The third-order valence-corrected chi connectivity index (χ3v) is 2.44. The summed E-state index contributed by atoms with van der Waals surface area (Å²) in [6.45, 7) is 0.259. The van der Waals surface area contributed by atoms with Gasteiger partial charge < -0.3 is 14.5 Å². The van der Waals surface area contributed by atoms with Gasteiger partial charge in [-0.05, 0) is 18.2 Å². The quantitative estimate of drug-likeness (QED) is 0.885. The van der Waals surface area contributed by atoms with Crippen LogP contribution in [0.25, 0.3) is 0 Å². The molecule has 0 saturated carbocycles. The lowest BCUT2D eigenvalue weighted by molar-refractivity contribution is -0.123. The Hall–Kier alpha value is -2.74. The summed E-state index contributed by atoms with van der Waals surface area (Å²) >= 11 is 0. The molecular formula is C14H12N2O3. The predicted molar refractivity (Wildman–Crippen MR) is 67.2 cm³/mol. The van der Waals surface area contributed by atoms with Crippen LogP contribution >= 0.6 is 0 Å². The number of carbonyl (C=O) groups is 1. The maximum Gasteiger partial charge on any atom is 0.258 e. The molecule has 0 saturated heterocycles. The fourth-order valence-electron chi connectivity index (χ4n) is 1.47. The summed E-state index contributed by atoms with van der Waals surface area (Å²) < 4.78 is 10.2. The molecule has 0 aliphatic rings. The molecule has 5 nitrogen and oxygen atoms in total. The van der Waals surface area contributed by atoms with Crippen LogP contribution in [-0.4, -0.2) is 12.5 Å². The molecule has 1 aromatic heterocycles. The summed E-state index contributed by atoms with van der Waals surface area (Å²) in [6, 6.07) is 10.6. The van der Waals surface area contributed by atoms with Crippen molar-refractivity contribution in [1.29, 1.82) is 5.26 Å². The number of ether oxygens (including phenoxy) is 1. The van der Waals surface area contributed by atoms with Crippen molar-refractivity contribution in [1.82, 2.24) is 5.32 Å². The van der Waals surface area contributed by atoms with E-state index in [1.54, 1.807) is 42.9 Å². The molecule has 0 radical (unpaired) electrons. The van der Waals surface area contributed by atoms with Crippen LogP contribution in [0, 0.1) is 11.3 Å². The second-order valence-corrected chi connectivity index (χ2v) is 3.80. The fourth-order valence-corrected chi connectivity index (χ4v) is 1.47. The molecule has 2 aromatic rings. The number of furan rings is 1. The molecule has 0 fully saturated rings. The summed E-state index contributed by atoms with van der Waals surface area (Å²) in [4.78, 5) is 11.6. The molecule has 0 unspecified atom stereocenters. The van der Waals surface area contributed by atoms with E-state index in [0.717, 1.165) is 5.56 Å². The predicted octanol–water partition coefficient (Wildman–Crippen LogP) is 1.85. The Labute approximate surface area is 110 Å². The molecule has 0 aliphatic carbocycles. The second kappa shape index (κ2) is 6.26. The minimum atomic E-state index is -0.256. The van der Waals surface area contributed by atoms with Crippen LogP contribution in [-0.2, 0) is 11.3 Å². The zero-order valence-corrected chi connectivity index (χ0v) is 10.1. The maximum atomic E-state index is 11.6. The monoisotopic (exact) mass is 256 g/mol. The number of rotatable bonds is 5. The zero-order valence-electron chi connectivity index (χ0n) is 10.1. The summed E-state index contributed by atoms with van der Waals surface area (Å²) in [6.07, 6.45) is 3.10. The summed E-state index contributed by atoms with van der Waals surface area (Å²) in [5.41, 5.74) is 1.29. The molecule has 2 rings (SSSR count). The molecule has 19 heavy (non-hydrogen) atoms. The van der Waals surface area contributed by atoms with Crippen molar-refractivity contribution in [3.63, 3.8) is 0 Å². The minimum absolute atomic E-state index is 0.128. The Kier molecular flexibility index (Phi) is 4.19. The van der Waals surface area contributed by atoms with Crippen molar-refractivity contribution < 1.29 is 13.9 Å². The molecule has 1 heterocycles. The van der Waals surface area contributed by atoms with Crippen LogP contribution in [0.5, 0.6) is 5.75 Å². The van der Waals surface area contributed by atoms with E-state index in [0.29, 0.717) is 17.9 Å². The summed E-state index contributed by atoms with van der Waals surface area (Å²) in [5.74, 6) is 0.150. The van der Waals surface area contributed by atoms with Gasteiger partial charge in [0.15, 0.2) is 6.61 Å². The van der Waals surface area contributed by atoms with Crippen LogP contribution in [0.3, 0.4) is 0 Å². The first kappa shape index (κ1) is 12.7. The molecule has 0 aliphatic heterocycles. The Morgan fingerprint density at radius 1 is 1.37 bits per heavy atom. The standard InChI is InChI=1S/C14H12N2O3/c15-7-12-3-1-2-4-13(12)19-10-14(17)16-8-11-5-6-18-9-11/h1-6,9H,8,10H2,(H,16,17). The molecule has 1 N–H and O–H groups in total. The van der Waals surface area contributed by atoms with Gasteiger partial charge in [0.1, 0.15) is 11.8 Å². The molecule has 96 valence electrons. The topological polar surface area (TPSA) is 75.3 Å². The van der Waals surface area contributed by atoms with Gasteiger partial charge in [0.25, 0.3) is 5.91 Å². The smallest absolute Gasteiger partial charge is 0.258 e. The van der Waals surface area contributed by atoms with Crippen LogP contribution in [0.1, 0.15) is 11.1 Å². The van der Waals surface area contributed by atoms with Crippen molar-refractivity contribution in [2.75, 3.05) is 6.61 Å². The SMILES string of the molecule is N#Cc1ccccc1OCC(=O)NCc1ccoc1. The lowest BCUT2D eigenvalue weighted by Crippen LogP contribution is -2.28. The average molecular weight is 256 g/mol. The van der Waals surface area contributed by atoms with E-state index in [1.807, 2.05) is 6.07 Å². The Morgan fingerprint density at radius 3 is 2.95 bits per heavy atom. The largest absolute Gasteiger partial charge is 0.482 e. The zero-order chi connectivity index (χ0) is 13.5. The number of nitriles is 1. The van der Waals surface area contributed by atoms with Gasteiger partial charge in [-0.2, -0.15) is 5.26 Å². The van der Waals surface area contributed by atoms with Crippen molar-refractivity contribution >= 4 is 5.91 Å². The van der Waals surface area contributed by atoms with E-state index in [9.17, 15) is 4.79 Å². The van der Waals surface area contributed by atoms with E-state index in [-0.39, 0.29) is 12.5 Å². The van der Waals surface area contributed by atoms with Gasteiger partial charge >= 0.3 is 0 Å².